The molecule has 2 rings (SSSR count). The van der Waals surface area contributed by atoms with Gasteiger partial charge < -0.3 is 0 Å². The van der Waals surface area contributed by atoms with E-state index in [1.165, 1.54) is 16.1 Å². The van der Waals surface area contributed by atoms with Crippen LogP contribution in [-0.4, -0.2) is 26.0 Å². The van der Waals surface area contributed by atoms with Crippen LogP contribution in [0, 0.1) is 0 Å². The van der Waals surface area contributed by atoms with Crippen LogP contribution < -0.4 is 0 Å². The summed E-state index contributed by atoms with van der Waals surface area (Å²) >= 11 is 7.15. The van der Waals surface area contributed by atoms with Crippen LogP contribution in [0.5, 0.6) is 0 Å². The summed E-state index contributed by atoms with van der Waals surface area (Å²) in [7, 11) is 1.65. The van der Waals surface area contributed by atoms with E-state index in [0.29, 0.717) is 15.7 Å². The highest BCUT2D eigenvalue weighted by molar-refractivity contribution is 7.12. The van der Waals surface area contributed by atoms with Crippen LogP contribution in [0.3, 0.4) is 0 Å². The van der Waals surface area contributed by atoms with Crippen LogP contribution >= 0.6 is 22.9 Å². The molecule has 0 saturated heterocycles. The fourth-order valence-electron chi connectivity index (χ4n) is 1.11. The summed E-state index contributed by atoms with van der Waals surface area (Å²) in [5.41, 5.74) is 0. The predicted molar refractivity (Wildman–Crippen MR) is 56.2 cm³/mol. The van der Waals surface area contributed by atoms with Crippen molar-refractivity contribution < 1.29 is 4.79 Å². The molecule has 0 aliphatic rings. The smallest absolute Gasteiger partial charge is 0.182 e. The quantitative estimate of drug-likeness (QED) is 0.763. The number of aryl methyl sites for hydroxylation is 1. The number of thiophene rings is 1. The number of hydrogen-bond acceptors (Lipinski definition) is 5. The molecule has 7 heteroatoms. The van der Waals surface area contributed by atoms with E-state index in [1.54, 1.807) is 18.5 Å². The number of ketones is 1. The number of carbonyl (C=O) groups is 1. The maximum Gasteiger partial charge on any atom is 0.182 e. The van der Waals surface area contributed by atoms with Gasteiger partial charge in [-0.05, 0) is 16.7 Å². The fraction of sp³-hybridized carbons (Fsp3) is 0.250. The highest BCUT2D eigenvalue weighted by Gasteiger charge is 2.14. The average Bonchev–Trinajstić information content (AvgIpc) is 2.75. The van der Waals surface area contributed by atoms with Gasteiger partial charge in [0.15, 0.2) is 11.6 Å². The molecule has 0 saturated carbocycles. The normalized spacial score (nSPS) is 10.5. The molecule has 0 N–H and O–H groups in total. The third-order valence-electron chi connectivity index (χ3n) is 1.74. The monoisotopic (exact) mass is 242 g/mol. The second-order valence-electron chi connectivity index (χ2n) is 2.89. The Balaban J connectivity index is 2.14. The number of tetrazole rings is 1. The van der Waals surface area contributed by atoms with Gasteiger partial charge in [-0.15, -0.1) is 21.5 Å². The van der Waals surface area contributed by atoms with E-state index in [1.807, 2.05) is 0 Å². The molecule has 0 radical (unpaired) electrons. The Morgan fingerprint density at radius 3 is 3.00 bits per heavy atom. The summed E-state index contributed by atoms with van der Waals surface area (Å²) < 4.78 is 0. The molecule has 2 heterocycles. The third kappa shape index (κ3) is 2.21. The Morgan fingerprint density at radius 2 is 2.47 bits per heavy atom. The van der Waals surface area contributed by atoms with Crippen molar-refractivity contribution >= 4 is 28.7 Å². The zero-order valence-corrected chi connectivity index (χ0v) is 9.42. The van der Waals surface area contributed by atoms with Crippen LogP contribution in [0.25, 0.3) is 0 Å². The van der Waals surface area contributed by atoms with Crippen molar-refractivity contribution in [1.29, 1.82) is 0 Å². The molecule has 78 valence electrons. The Labute approximate surface area is 94.7 Å². The molecule has 0 atom stereocenters. The molecule has 15 heavy (non-hydrogen) atoms. The number of halogens is 1. The lowest BCUT2D eigenvalue weighted by Crippen LogP contribution is -2.04. The van der Waals surface area contributed by atoms with Crippen molar-refractivity contribution in [2.45, 2.75) is 6.42 Å². The molecule has 0 fully saturated rings. The first-order chi connectivity index (χ1) is 7.16. The first-order valence-corrected chi connectivity index (χ1v) is 5.41. The molecule has 5 nitrogen and oxygen atoms in total. The molecule has 0 amide bonds. The molecule has 0 aromatic carbocycles. The molecule has 2 aromatic heterocycles. The summed E-state index contributed by atoms with van der Waals surface area (Å²) in [6.45, 7) is 0. The standard InChI is InChI=1S/C8H7ClN4OS/c1-13-11-7(10-12-13)4-6(14)8-5(9)2-3-15-8/h2-3H,4H2,1H3. The van der Waals surface area contributed by atoms with Gasteiger partial charge in [-0.2, -0.15) is 4.80 Å². The summed E-state index contributed by atoms with van der Waals surface area (Å²) in [5.74, 6) is 0.329. The molecular formula is C8H7ClN4OS. The number of rotatable bonds is 3. The molecule has 0 unspecified atom stereocenters. The van der Waals surface area contributed by atoms with Gasteiger partial charge >= 0.3 is 0 Å². The van der Waals surface area contributed by atoms with Crippen LogP contribution in [0.4, 0.5) is 0 Å². The van der Waals surface area contributed by atoms with Gasteiger partial charge in [-0.1, -0.05) is 11.6 Å². The van der Waals surface area contributed by atoms with Gasteiger partial charge in [-0.3, -0.25) is 4.79 Å². The Kier molecular flexibility index (Phi) is 2.79. The highest BCUT2D eigenvalue weighted by atomic mass is 35.5. The largest absolute Gasteiger partial charge is 0.293 e. The SMILES string of the molecule is Cn1nnc(CC(=O)c2sccc2Cl)n1. The van der Waals surface area contributed by atoms with Crippen LogP contribution in [0.2, 0.25) is 5.02 Å². The minimum absolute atomic E-state index is 0.0806. The van der Waals surface area contributed by atoms with Gasteiger partial charge in [0, 0.05) is 0 Å². The van der Waals surface area contributed by atoms with Crippen molar-refractivity contribution in [1.82, 2.24) is 20.2 Å². The van der Waals surface area contributed by atoms with Crippen molar-refractivity contribution in [3.05, 3.63) is 27.2 Å². The topological polar surface area (TPSA) is 60.7 Å². The van der Waals surface area contributed by atoms with E-state index >= 15 is 0 Å². The molecule has 2 aromatic rings. The van der Waals surface area contributed by atoms with E-state index in [9.17, 15) is 4.79 Å². The fourth-order valence-corrected chi connectivity index (χ4v) is 2.21. The van der Waals surface area contributed by atoms with Crippen molar-refractivity contribution in [3.8, 4) is 0 Å². The minimum Gasteiger partial charge on any atom is -0.293 e. The van der Waals surface area contributed by atoms with Gasteiger partial charge in [0.2, 0.25) is 0 Å². The van der Waals surface area contributed by atoms with E-state index in [2.05, 4.69) is 15.4 Å². The van der Waals surface area contributed by atoms with Gasteiger partial charge in [-0.25, -0.2) is 0 Å². The highest BCUT2D eigenvalue weighted by Crippen LogP contribution is 2.23. The number of nitrogens with zero attached hydrogens (tertiary/aromatic N) is 4. The number of hydrogen-bond donors (Lipinski definition) is 0. The lowest BCUT2D eigenvalue weighted by molar-refractivity contribution is 0.0994. The first-order valence-electron chi connectivity index (χ1n) is 4.16. The average molecular weight is 243 g/mol. The van der Waals surface area contributed by atoms with E-state index in [-0.39, 0.29) is 12.2 Å². The minimum atomic E-state index is -0.0806. The molecule has 0 spiro atoms. The zero-order chi connectivity index (χ0) is 10.8. The molecule has 0 aliphatic heterocycles. The van der Waals surface area contributed by atoms with Crippen molar-refractivity contribution in [2.24, 2.45) is 7.05 Å². The summed E-state index contributed by atoms with van der Waals surface area (Å²) in [6, 6.07) is 1.70. The molecular weight excluding hydrogens is 236 g/mol. The summed E-state index contributed by atoms with van der Waals surface area (Å²) in [6.07, 6.45) is 0.133. The van der Waals surface area contributed by atoms with E-state index in [4.69, 9.17) is 11.6 Å². The molecule has 0 bridgehead atoms. The number of Topliss-reactive ketones (excluding diaryl/α,β-unsaturated/α-hetero) is 1. The predicted octanol–water partition coefficient (Wildman–Crippen LogP) is 1.35. The molecule has 0 aliphatic carbocycles. The van der Waals surface area contributed by atoms with Gasteiger partial charge in [0.25, 0.3) is 0 Å². The lowest BCUT2D eigenvalue weighted by atomic mass is 10.2. The van der Waals surface area contributed by atoms with Crippen LogP contribution in [0.15, 0.2) is 11.4 Å². The van der Waals surface area contributed by atoms with Crippen LogP contribution in [0.1, 0.15) is 15.5 Å². The van der Waals surface area contributed by atoms with Gasteiger partial charge in [0.05, 0.1) is 23.4 Å². The van der Waals surface area contributed by atoms with Crippen molar-refractivity contribution in [3.63, 3.8) is 0 Å². The Hall–Kier alpha value is -1.27. The lowest BCUT2D eigenvalue weighted by Gasteiger charge is -1.93. The van der Waals surface area contributed by atoms with Crippen LogP contribution in [-0.2, 0) is 13.5 Å². The third-order valence-corrected chi connectivity index (χ3v) is 3.12. The van der Waals surface area contributed by atoms with E-state index < -0.39 is 0 Å². The zero-order valence-electron chi connectivity index (χ0n) is 7.85. The Bertz CT molecular complexity index is 492. The number of aromatic nitrogens is 4. The van der Waals surface area contributed by atoms with Crippen molar-refractivity contribution in [2.75, 3.05) is 0 Å². The second-order valence-corrected chi connectivity index (χ2v) is 4.22. The second kappa shape index (κ2) is 4.08. The Morgan fingerprint density at radius 1 is 1.67 bits per heavy atom. The summed E-state index contributed by atoms with van der Waals surface area (Å²) in [5, 5.41) is 13.6. The number of carbonyl (C=O) groups excluding carboxylic acids is 1. The van der Waals surface area contributed by atoms with Gasteiger partial charge in [0.1, 0.15) is 0 Å². The van der Waals surface area contributed by atoms with E-state index in [0.717, 1.165) is 0 Å². The maximum atomic E-state index is 11.7. The maximum absolute atomic E-state index is 11.7. The first kappa shape index (κ1) is 10.3. The summed E-state index contributed by atoms with van der Waals surface area (Å²) in [4.78, 5) is 13.6.